The largest absolute Gasteiger partial charge is 0.397 e. The molecule has 0 saturated heterocycles. The lowest BCUT2D eigenvalue weighted by atomic mass is 9.84. The van der Waals surface area contributed by atoms with E-state index in [2.05, 4.69) is 29.8 Å². The molecule has 0 radical (unpaired) electrons. The molecule has 2 aromatic carbocycles. The summed E-state index contributed by atoms with van der Waals surface area (Å²) >= 11 is 1.23. The van der Waals surface area contributed by atoms with Crippen molar-refractivity contribution in [2.45, 2.75) is 52.5 Å². The number of nitrogen functional groups attached to an aromatic ring is 1. The fourth-order valence-electron chi connectivity index (χ4n) is 5.88. The van der Waals surface area contributed by atoms with E-state index in [0.717, 1.165) is 17.2 Å². The number of rotatable bonds is 7. The Kier molecular flexibility index (Phi) is 6.75. The topological polar surface area (TPSA) is 96.2 Å². The van der Waals surface area contributed by atoms with E-state index in [9.17, 15) is 9.59 Å². The number of aryl methyl sites for hydroxylation is 2. The van der Waals surface area contributed by atoms with Gasteiger partial charge in [-0.15, -0.1) is 11.3 Å². The first-order valence-electron chi connectivity index (χ1n) is 12.7. The second-order valence-corrected chi connectivity index (χ2v) is 11.4. The fraction of sp³-hybridized carbons (Fsp3) is 0.379. The highest BCUT2D eigenvalue weighted by Crippen LogP contribution is 2.49. The minimum Gasteiger partial charge on any atom is -0.397 e. The van der Waals surface area contributed by atoms with Crippen molar-refractivity contribution >= 4 is 45.2 Å². The summed E-state index contributed by atoms with van der Waals surface area (Å²) in [7, 11) is 0. The third-order valence-electron chi connectivity index (χ3n) is 7.97. The monoisotopic (exact) mass is 502 g/mol. The van der Waals surface area contributed by atoms with Crippen LogP contribution in [0.2, 0.25) is 0 Å². The first-order chi connectivity index (χ1) is 17.3. The summed E-state index contributed by atoms with van der Waals surface area (Å²) in [6.45, 7) is 6.20. The Labute approximate surface area is 216 Å². The van der Waals surface area contributed by atoms with Crippen LogP contribution in [0, 0.1) is 31.6 Å². The molecule has 1 aromatic heterocycles. The van der Waals surface area contributed by atoms with E-state index in [-0.39, 0.29) is 23.5 Å². The van der Waals surface area contributed by atoms with Crippen LogP contribution in [-0.4, -0.2) is 17.9 Å². The summed E-state index contributed by atoms with van der Waals surface area (Å²) in [5.41, 5.74) is 10.8. The predicted molar refractivity (Wildman–Crippen MR) is 148 cm³/mol. The second-order valence-electron chi connectivity index (χ2n) is 10.4. The number of nitrogens with two attached hydrogens (primary N) is 1. The van der Waals surface area contributed by atoms with Crippen LogP contribution in [0.25, 0.3) is 0 Å². The van der Waals surface area contributed by atoms with Gasteiger partial charge in [0, 0.05) is 17.4 Å². The molecule has 2 aliphatic rings. The molecule has 6 nitrogen and oxygen atoms in total. The zero-order valence-corrected chi connectivity index (χ0v) is 21.9. The summed E-state index contributed by atoms with van der Waals surface area (Å²) in [5, 5.41) is 10.0. The minimum absolute atomic E-state index is 0.0760. The number of hydrogen-bond donors (Lipinski definition) is 4. The van der Waals surface area contributed by atoms with Crippen molar-refractivity contribution < 1.29 is 9.59 Å². The molecular weight excluding hydrogens is 468 g/mol. The van der Waals surface area contributed by atoms with E-state index in [1.807, 2.05) is 55.5 Å². The van der Waals surface area contributed by atoms with Gasteiger partial charge in [-0.1, -0.05) is 30.7 Å². The van der Waals surface area contributed by atoms with Crippen molar-refractivity contribution in [1.29, 1.82) is 0 Å². The molecule has 0 spiro atoms. The van der Waals surface area contributed by atoms with Gasteiger partial charge >= 0.3 is 0 Å². The van der Waals surface area contributed by atoms with Gasteiger partial charge in [0.25, 0.3) is 11.8 Å². The number of amides is 2. The molecule has 36 heavy (non-hydrogen) atoms. The molecule has 1 heterocycles. The van der Waals surface area contributed by atoms with Crippen LogP contribution >= 0.6 is 11.3 Å². The van der Waals surface area contributed by atoms with Crippen LogP contribution in [0.15, 0.2) is 48.5 Å². The van der Waals surface area contributed by atoms with Crippen molar-refractivity contribution in [2.24, 2.45) is 17.8 Å². The van der Waals surface area contributed by atoms with Gasteiger partial charge in [-0.25, -0.2) is 0 Å². The average molecular weight is 503 g/mol. The summed E-state index contributed by atoms with van der Waals surface area (Å²) in [4.78, 5) is 27.1. The Morgan fingerprint density at radius 3 is 2.42 bits per heavy atom. The third-order valence-corrected chi connectivity index (χ3v) is 9.09. The molecule has 2 amide bonds. The van der Waals surface area contributed by atoms with Crippen LogP contribution in [-0.2, 0) is 0 Å². The summed E-state index contributed by atoms with van der Waals surface area (Å²) in [6.07, 6.45) is 5.08. The van der Waals surface area contributed by atoms with Gasteiger partial charge in [0.05, 0.1) is 11.3 Å². The van der Waals surface area contributed by atoms with Crippen LogP contribution in [0.3, 0.4) is 0 Å². The van der Waals surface area contributed by atoms with Gasteiger partial charge in [0.1, 0.15) is 9.88 Å². The molecule has 2 aliphatic carbocycles. The van der Waals surface area contributed by atoms with E-state index in [1.165, 1.54) is 42.6 Å². The summed E-state index contributed by atoms with van der Waals surface area (Å²) in [6, 6.07) is 15.3. The van der Waals surface area contributed by atoms with Gasteiger partial charge < -0.3 is 21.7 Å². The van der Waals surface area contributed by atoms with Crippen LogP contribution in [0.5, 0.6) is 0 Å². The number of nitrogens with one attached hydrogen (secondary N) is 3. The van der Waals surface area contributed by atoms with Crippen molar-refractivity contribution in [1.82, 2.24) is 5.32 Å². The SMILES string of the molecule is Cc1ccc(Nc2sc(C(=O)N[C@H](C)[C@@H]3C[C@H]4CC[C@@H]3C4)c(N)c2C(=O)Nc2ccccc2)cc1C. The Morgan fingerprint density at radius 1 is 0.972 bits per heavy atom. The smallest absolute Gasteiger partial charge is 0.263 e. The first-order valence-corrected chi connectivity index (χ1v) is 13.6. The van der Waals surface area contributed by atoms with E-state index in [0.29, 0.717) is 33.0 Å². The number of benzene rings is 2. The molecule has 5 N–H and O–H groups in total. The highest BCUT2D eigenvalue weighted by atomic mass is 32.1. The minimum atomic E-state index is -0.346. The third kappa shape index (κ3) is 4.85. The summed E-state index contributed by atoms with van der Waals surface area (Å²) in [5.74, 6) is 1.48. The van der Waals surface area contributed by atoms with E-state index in [1.54, 1.807) is 0 Å². The number of carbonyl (C=O) groups excluding carboxylic acids is 2. The maximum Gasteiger partial charge on any atom is 0.263 e. The Morgan fingerprint density at radius 2 is 1.75 bits per heavy atom. The Hall–Kier alpha value is -3.32. The fourth-order valence-corrected chi connectivity index (χ4v) is 6.92. The number of para-hydroxylation sites is 1. The highest BCUT2D eigenvalue weighted by molar-refractivity contribution is 7.19. The zero-order chi connectivity index (χ0) is 25.4. The molecule has 188 valence electrons. The normalized spacial score (nSPS) is 21.2. The van der Waals surface area contributed by atoms with Gasteiger partial charge in [-0.05, 0) is 93.2 Å². The van der Waals surface area contributed by atoms with Gasteiger partial charge in [0.15, 0.2) is 0 Å². The van der Waals surface area contributed by atoms with Crippen molar-refractivity contribution in [2.75, 3.05) is 16.4 Å². The maximum atomic E-state index is 13.4. The van der Waals surface area contributed by atoms with Crippen LogP contribution in [0.1, 0.15) is 63.8 Å². The molecule has 7 heteroatoms. The highest BCUT2D eigenvalue weighted by Gasteiger charge is 2.42. The number of thiophene rings is 1. The number of anilines is 4. The number of fused-ring (bicyclic) bond motifs is 2. The molecule has 2 saturated carbocycles. The Balaban J connectivity index is 1.42. The lowest BCUT2D eigenvalue weighted by molar-refractivity contribution is 0.0920. The van der Waals surface area contributed by atoms with Gasteiger partial charge in [-0.3, -0.25) is 9.59 Å². The van der Waals surface area contributed by atoms with Gasteiger partial charge in [0.2, 0.25) is 0 Å². The van der Waals surface area contributed by atoms with Gasteiger partial charge in [-0.2, -0.15) is 0 Å². The lowest BCUT2D eigenvalue weighted by Gasteiger charge is -2.28. The Bertz CT molecular complexity index is 1290. The van der Waals surface area contributed by atoms with Crippen molar-refractivity contribution in [3.8, 4) is 0 Å². The maximum absolute atomic E-state index is 13.4. The molecule has 2 bridgehead atoms. The number of hydrogen-bond acceptors (Lipinski definition) is 5. The molecule has 3 aromatic rings. The zero-order valence-electron chi connectivity index (χ0n) is 21.1. The average Bonchev–Trinajstić information content (AvgIpc) is 3.57. The van der Waals surface area contributed by atoms with Crippen LogP contribution < -0.4 is 21.7 Å². The second kappa shape index (κ2) is 9.97. The van der Waals surface area contributed by atoms with Crippen molar-refractivity contribution in [3.05, 3.63) is 70.1 Å². The van der Waals surface area contributed by atoms with E-state index < -0.39 is 0 Å². The number of carbonyl (C=O) groups is 2. The van der Waals surface area contributed by atoms with Crippen molar-refractivity contribution in [3.63, 3.8) is 0 Å². The standard InChI is InChI=1S/C29H34N4O2S/c1-16-9-12-22(13-17(16)2)33-29-24(27(34)32-21-7-5-4-6-8-21)25(30)26(36-29)28(35)31-18(3)23-15-19-10-11-20(23)14-19/h4-9,12-13,18-20,23,33H,10-11,14-15,30H2,1-3H3,(H,31,35)(H,32,34)/t18-,19+,20-,23+/m1/s1. The lowest BCUT2D eigenvalue weighted by Crippen LogP contribution is -2.40. The first kappa shape index (κ1) is 24.4. The van der Waals surface area contributed by atoms with Crippen LogP contribution in [0.4, 0.5) is 22.1 Å². The molecule has 4 atom stereocenters. The molecular formula is C29H34N4O2S. The quantitative estimate of drug-likeness (QED) is 0.297. The summed E-state index contributed by atoms with van der Waals surface area (Å²) < 4.78 is 0. The molecule has 0 unspecified atom stereocenters. The predicted octanol–water partition coefficient (Wildman–Crippen LogP) is 6.50. The molecule has 5 rings (SSSR count). The van der Waals surface area contributed by atoms with E-state index in [4.69, 9.17) is 5.73 Å². The molecule has 2 fully saturated rings. The molecule has 0 aliphatic heterocycles. The van der Waals surface area contributed by atoms with E-state index >= 15 is 0 Å².